The van der Waals surface area contributed by atoms with Gasteiger partial charge >= 0.3 is 6.09 Å². The van der Waals surface area contributed by atoms with Crippen LogP contribution in [-0.4, -0.2) is 44.7 Å². The minimum Gasteiger partial charge on any atom is -0.472 e. The lowest BCUT2D eigenvalue weighted by molar-refractivity contribution is -0.00812. The third-order valence-corrected chi connectivity index (χ3v) is 5.67. The maximum absolute atomic E-state index is 15.0. The number of hydrogen-bond acceptors (Lipinski definition) is 7. The van der Waals surface area contributed by atoms with Crippen molar-refractivity contribution in [3.8, 4) is 11.9 Å². The van der Waals surface area contributed by atoms with Crippen LogP contribution >= 0.6 is 11.6 Å². The Balaban J connectivity index is 0.00000135. The molecule has 3 heterocycles. The van der Waals surface area contributed by atoms with E-state index in [0.29, 0.717) is 12.8 Å². The average molecular weight is 550 g/mol. The summed E-state index contributed by atoms with van der Waals surface area (Å²) in [4.78, 5) is 22.2. The van der Waals surface area contributed by atoms with Gasteiger partial charge in [0.25, 0.3) is 5.88 Å². The highest BCUT2D eigenvalue weighted by Gasteiger charge is 2.45. The highest BCUT2D eigenvalue weighted by molar-refractivity contribution is 6.32. The molecule has 2 aliphatic rings. The van der Waals surface area contributed by atoms with Gasteiger partial charge in [-0.1, -0.05) is 58.9 Å². The Hall–Kier alpha value is -3.12. The summed E-state index contributed by atoms with van der Waals surface area (Å²) in [5, 5.41) is 11.6. The number of carbonyl (C=O) groups excluding carboxylic acids is 1. The average Bonchev–Trinajstić information content (AvgIpc) is 3.12. The van der Waals surface area contributed by atoms with Gasteiger partial charge in [-0.2, -0.15) is 14.6 Å². The summed E-state index contributed by atoms with van der Waals surface area (Å²) in [7, 11) is 0. The van der Waals surface area contributed by atoms with E-state index in [-0.39, 0.29) is 52.3 Å². The van der Waals surface area contributed by atoms with E-state index in [1.165, 1.54) is 18.8 Å². The van der Waals surface area contributed by atoms with Crippen molar-refractivity contribution in [1.29, 1.82) is 5.26 Å². The van der Waals surface area contributed by atoms with Gasteiger partial charge in [0, 0.05) is 30.5 Å². The molecule has 210 valence electrons. The SMILES string of the molecule is C=C(C#N)/C=C(/Cl)C(=C)Nc1ncnc(OC2CC3CCC(C2)N3C(=O)OC(C)(C)C)c1F.CC.CCC. The zero-order valence-electron chi connectivity index (χ0n) is 23.6. The standard InChI is InChI=1S/C23H27ClFN5O3.C3H8.C2H6/c1-13(11-26)8-18(24)14(2)29-20-19(25)21(28-12-27-20)32-17-9-15-6-7-16(10-17)30(15)22(31)33-23(3,4)5;1-3-2;1-2/h8,12,15-17H,1-2,6-7,9-10H2,3-5H3,(H,27,28,29);3H2,1-2H3;1-2H3/b18-8+;;. The molecule has 2 bridgehead atoms. The van der Waals surface area contributed by atoms with Crippen molar-refractivity contribution < 1.29 is 18.7 Å². The molecule has 2 fully saturated rings. The van der Waals surface area contributed by atoms with Crippen LogP contribution in [0, 0.1) is 17.1 Å². The van der Waals surface area contributed by atoms with Crippen LogP contribution < -0.4 is 10.1 Å². The maximum atomic E-state index is 15.0. The number of anilines is 1. The van der Waals surface area contributed by atoms with Crippen LogP contribution in [0.2, 0.25) is 0 Å². The second kappa shape index (κ2) is 15.3. The minimum absolute atomic E-state index is 0.0250. The first-order valence-electron chi connectivity index (χ1n) is 13.0. The van der Waals surface area contributed by atoms with E-state index in [2.05, 4.69) is 42.3 Å². The molecule has 0 aromatic carbocycles. The molecule has 8 nitrogen and oxygen atoms in total. The molecule has 38 heavy (non-hydrogen) atoms. The molecule has 0 aliphatic carbocycles. The number of fused-ring (bicyclic) bond motifs is 2. The van der Waals surface area contributed by atoms with E-state index in [9.17, 15) is 4.79 Å². The van der Waals surface area contributed by atoms with Gasteiger partial charge in [0.1, 0.15) is 18.0 Å². The molecule has 2 unspecified atom stereocenters. The van der Waals surface area contributed by atoms with E-state index < -0.39 is 11.4 Å². The second-order valence-electron chi connectivity index (χ2n) is 9.77. The zero-order chi connectivity index (χ0) is 29.0. The number of nitrogens with zero attached hydrogens (tertiary/aromatic N) is 4. The molecular formula is C28H41ClFN5O3. The van der Waals surface area contributed by atoms with Crippen molar-refractivity contribution >= 4 is 23.5 Å². The molecule has 1 N–H and O–H groups in total. The van der Waals surface area contributed by atoms with E-state index in [1.54, 1.807) is 4.90 Å². The Kier molecular flexibility index (Phi) is 13.3. The monoisotopic (exact) mass is 549 g/mol. The number of amides is 1. The molecule has 0 spiro atoms. The van der Waals surface area contributed by atoms with Crippen LogP contribution in [0.1, 0.15) is 80.6 Å². The van der Waals surface area contributed by atoms with Crippen LogP contribution in [0.5, 0.6) is 5.88 Å². The van der Waals surface area contributed by atoms with Gasteiger partial charge in [-0.05, 0) is 39.7 Å². The number of hydrogen-bond donors (Lipinski definition) is 1. The summed E-state index contributed by atoms with van der Waals surface area (Å²) >= 11 is 6.07. The number of rotatable bonds is 6. The summed E-state index contributed by atoms with van der Waals surface area (Å²) in [6, 6.07) is 1.79. The summed E-state index contributed by atoms with van der Waals surface area (Å²) in [5.74, 6) is -1.14. The van der Waals surface area contributed by atoms with Crippen molar-refractivity contribution in [2.45, 2.75) is 104 Å². The van der Waals surface area contributed by atoms with Crippen LogP contribution in [0.3, 0.4) is 0 Å². The molecule has 2 saturated heterocycles. The summed E-state index contributed by atoms with van der Waals surface area (Å²) in [6.45, 7) is 21.0. The summed E-state index contributed by atoms with van der Waals surface area (Å²) < 4.78 is 26.4. The third-order valence-electron chi connectivity index (χ3n) is 5.33. The number of ether oxygens (including phenoxy) is 2. The fraction of sp³-hybridized carbons (Fsp3) is 0.571. The molecular weight excluding hydrogens is 509 g/mol. The van der Waals surface area contributed by atoms with Crippen molar-refractivity contribution in [3.05, 3.63) is 47.7 Å². The largest absolute Gasteiger partial charge is 0.472 e. The predicted molar refractivity (Wildman–Crippen MR) is 149 cm³/mol. The van der Waals surface area contributed by atoms with Crippen molar-refractivity contribution in [2.75, 3.05) is 5.32 Å². The lowest BCUT2D eigenvalue weighted by Gasteiger charge is -2.39. The van der Waals surface area contributed by atoms with Crippen molar-refractivity contribution in [1.82, 2.24) is 14.9 Å². The molecule has 10 heteroatoms. The Morgan fingerprint density at radius 3 is 2.32 bits per heavy atom. The van der Waals surface area contributed by atoms with Gasteiger partial charge in [-0.15, -0.1) is 0 Å². The van der Waals surface area contributed by atoms with Gasteiger partial charge in [-0.3, -0.25) is 0 Å². The number of piperidine rings is 1. The Morgan fingerprint density at radius 1 is 1.26 bits per heavy atom. The van der Waals surface area contributed by atoms with E-state index in [1.807, 2.05) is 40.7 Å². The topological polar surface area (TPSA) is 100 Å². The third kappa shape index (κ3) is 9.64. The molecule has 2 atom stereocenters. The van der Waals surface area contributed by atoms with Crippen LogP contribution in [0.15, 0.2) is 41.9 Å². The van der Waals surface area contributed by atoms with E-state index >= 15 is 4.39 Å². The van der Waals surface area contributed by atoms with Crippen LogP contribution in [0.4, 0.5) is 15.0 Å². The number of aromatic nitrogens is 2. The molecule has 1 aromatic heterocycles. The molecule has 0 radical (unpaired) electrons. The predicted octanol–water partition coefficient (Wildman–Crippen LogP) is 7.50. The number of nitrogens with one attached hydrogen (secondary N) is 1. The molecule has 1 aromatic rings. The van der Waals surface area contributed by atoms with Gasteiger partial charge in [0.2, 0.25) is 5.82 Å². The first-order chi connectivity index (χ1) is 17.9. The van der Waals surface area contributed by atoms with Crippen LogP contribution in [-0.2, 0) is 4.74 Å². The molecule has 3 rings (SSSR count). The van der Waals surface area contributed by atoms with Gasteiger partial charge in [0.15, 0.2) is 5.82 Å². The first kappa shape index (κ1) is 32.9. The molecule has 2 aliphatic heterocycles. The quantitative estimate of drug-likeness (QED) is 0.289. The molecule has 1 amide bonds. The smallest absolute Gasteiger partial charge is 0.410 e. The zero-order valence-corrected chi connectivity index (χ0v) is 24.4. The second-order valence-corrected chi connectivity index (χ2v) is 10.2. The lowest BCUT2D eigenvalue weighted by atomic mass is 10.0. The fourth-order valence-corrected chi connectivity index (χ4v) is 4.17. The first-order valence-corrected chi connectivity index (χ1v) is 13.4. The van der Waals surface area contributed by atoms with Crippen molar-refractivity contribution in [3.63, 3.8) is 0 Å². The van der Waals surface area contributed by atoms with E-state index in [4.69, 9.17) is 26.3 Å². The number of halogens is 2. The highest BCUT2D eigenvalue weighted by Crippen LogP contribution is 2.38. The number of carbonyl (C=O) groups is 1. The Morgan fingerprint density at radius 2 is 1.82 bits per heavy atom. The normalized spacial score (nSPS) is 20.1. The fourth-order valence-electron chi connectivity index (χ4n) is 3.99. The Labute approximate surface area is 231 Å². The summed E-state index contributed by atoms with van der Waals surface area (Å²) in [6.07, 6.45) is 5.91. The van der Waals surface area contributed by atoms with Crippen LogP contribution in [0.25, 0.3) is 0 Å². The minimum atomic E-state index is -0.788. The van der Waals surface area contributed by atoms with E-state index in [0.717, 1.165) is 12.8 Å². The Bertz CT molecular complexity index is 1030. The number of allylic oxidation sites excluding steroid dienone is 3. The summed E-state index contributed by atoms with van der Waals surface area (Å²) in [5.41, 5.74) is -0.302. The van der Waals surface area contributed by atoms with Gasteiger partial charge in [0.05, 0.1) is 16.8 Å². The highest BCUT2D eigenvalue weighted by atomic mass is 35.5. The molecule has 0 saturated carbocycles. The van der Waals surface area contributed by atoms with Gasteiger partial charge in [-0.25, -0.2) is 9.78 Å². The van der Waals surface area contributed by atoms with Gasteiger partial charge < -0.3 is 19.7 Å². The number of nitriles is 1. The lowest BCUT2D eigenvalue weighted by Crippen LogP contribution is -2.50. The van der Waals surface area contributed by atoms with Crippen molar-refractivity contribution in [2.24, 2.45) is 0 Å². The maximum Gasteiger partial charge on any atom is 0.410 e.